The van der Waals surface area contributed by atoms with Crippen molar-refractivity contribution in [2.45, 2.75) is 32.2 Å². The summed E-state index contributed by atoms with van der Waals surface area (Å²) in [6, 6.07) is 12.2. The molecule has 27 heavy (non-hydrogen) atoms. The van der Waals surface area contributed by atoms with Crippen molar-refractivity contribution in [3.8, 4) is 6.07 Å². The molecule has 0 bridgehead atoms. The number of hydrogen-bond acceptors (Lipinski definition) is 5. The number of hydrogen-bond donors (Lipinski definition) is 0. The van der Waals surface area contributed by atoms with Crippen LogP contribution in [0.1, 0.15) is 42.4 Å². The zero-order chi connectivity index (χ0) is 19.0. The highest BCUT2D eigenvalue weighted by atomic mass is 19.1. The molecular weight excluding hydrogens is 343 g/mol. The largest absolute Gasteiger partial charge is 0.444 e. The van der Waals surface area contributed by atoms with E-state index in [1.54, 1.807) is 12.3 Å². The molecule has 1 aliphatic rings. The Kier molecular flexibility index (Phi) is 4.15. The maximum Gasteiger partial charge on any atom is 0.206 e. The highest BCUT2D eigenvalue weighted by molar-refractivity contribution is 5.53. The number of halogens is 1. The van der Waals surface area contributed by atoms with Crippen LogP contribution in [0, 0.1) is 17.1 Å². The van der Waals surface area contributed by atoms with Crippen LogP contribution in [0.4, 0.5) is 10.1 Å². The summed E-state index contributed by atoms with van der Waals surface area (Å²) in [7, 11) is 0. The Morgan fingerprint density at radius 1 is 1.26 bits per heavy atom. The molecule has 0 saturated heterocycles. The van der Waals surface area contributed by atoms with Gasteiger partial charge in [-0.3, -0.25) is 4.98 Å². The molecule has 1 aromatic carbocycles. The minimum absolute atomic E-state index is 0.313. The van der Waals surface area contributed by atoms with Crippen LogP contribution in [0.5, 0.6) is 0 Å². The molecule has 6 heteroatoms. The van der Waals surface area contributed by atoms with Gasteiger partial charge in [-0.1, -0.05) is 6.07 Å². The molecule has 0 radical (unpaired) electrons. The molecular formula is C21H19FN4O. The lowest BCUT2D eigenvalue weighted by Crippen LogP contribution is -2.30. The normalized spacial score (nSPS) is 13.9. The molecule has 2 aromatic heterocycles. The smallest absolute Gasteiger partial charge is 0.206 e. The quantitative estimate of drug-likeness (QED) is 0.705. The third-order valence-corrected chi connectivity index (χ3v) is 4.94. The highest BCUT2D eigenvalue weighted by Crippen LogP contribution is 2.33. The molecule has 0 saturated carbocycles. The van der Waals surface area contributed by atoms with Crippen molar-refractivity contribution in [3.63, 3.8) is 0 Å². The van der Waals surface area contributed by atoms with Crippen LogP contribution in [0.15, 0.2) is 47.0 Å². The van der Waals surface area contributed by atoms with E-state index in [-0.39, 0.29) is 0 Å². The summed E-state index contributed by atoms with van der Waals surface area (Å²) in [6.07, 6.45) is 2.44. The van der Waals surface area contributed by atoms with Gasteiger partial charge < -0.3 is 9.32 Å². The summed E-state index contributed by atoms with van der Waals surface area (Å²) < 4.78 is 19.9. The monoisotopic (exact) mass is 362 g/mol. The minimum Gasteiger partial charge on any atom is -0.444 e. The number of pyridine rings is 1. The summed E-state index contributed by atoms with van der Waals surface area (Å²) in [6.45, 7) is 5.28. The van der Waals surface area contributed by atoms with Crippen LogP contribution < -0.4 is 4.90 Å². The fourth-order valence-corrected chi connectivity index (χ4v) is 3.35. The topological polar surface area (TPSA) is 66.0 Å². The van der Waals surface area contributed by atoms with Gasteiger partial charge in [0.05, 0.1) is 29.3 Å². The molecule has 1 aliphatic heterocycles. The van der Waals surface area contributed by atoms with E-state index in [4.69, 9.17) is 14.7 Å². The number of fused-ring (bicyclic) bond motifs is 1. The molecule has 4 rings (SSSR count). The Morgan fingerprint density at radius 3 is 2.85 bits per heavy atom. The van der Waals surface area contributed by atoms with Crippen LogP contribution in [0.3, 0.4) is 0 Å². The second kappa shape index (κ2) is 6.51. The Morgan fingerprint density at radius 2 is 2.11 bits per heavy atom. The Hall–Kier alpha value is -3.20. The standard InChI is InChI=1S/C21H19FN4O/c1-21(2,19-5-3-4-7-24-19)20-25-17-13-26(8-6-18(17)27-20)16-10-14(12-23)9-15(22)11-16/h3-5,7,9-11H,6,8,13H2,1-2H3. The Balaban J connectivity index is 1.64. The second-order valence-corrected chi connectivity index (χ2v) is 7.21. The summed E-state index contributed by atoms with van der Waals surface area (Å²) in [5, 5.41) is 9.08. The van der Waals surface area contributed by atoms with E-state index in [2.05, 4.69) is 4.98 Å². The number of nitriles is 1. The number of anilines is 1. The number of oxazole rings is 1. The van der Waals surface area contributed by atoms with Gasteiger partial charge in [-0.2, -0.15) is 5.26 Å². The van der Waals surface area contributed by atoms with Crippen LogP contribution in [0.25, 0.3) is 0 Å². The molecule has 3 aromatic rings. The highest BCUT2D eigenvalue weighted by Gasteiger charge is 2.33. The minimum atomic E-state index is -0.448. The molecule has 3 heterocycles. The van der Waals surface area contributed by atoms with Gasteiger partial charge >= 0.3 is 0 Å². The Labute approximate surface area is 157 Å². The van der Waals surface area contributed by atoms with Gasteiger partial charge in [-0.15, -0.1) is 0 Å². The van der Waals surface area contributed by atoms with Crippen molar-refractivity contribution >= 4 is 5.69 Å². The first-order valence-corrected chi connectivity index (χ1v) is 8.83. The number of aromatic nitrogens is 2. The molecule has 0 unspecified atom stereocenters. The Bertz CT molecular complexity index is 1020. The molecule has 0 fully saturated rings. The molecule has 0 spiro atoms. The van der Waals surface area contributed by atoms with Gasteiger partial charge in [0.15, 0.2) is 0 Å². The molecule has 0 aliphatic carbocycles. The fraction of sp³-hybridized carbons (Fsp3) is 0.286. The lowest BCUT2D eigenvalue weighted by Gasteiger charge is -2.27. The third kappa shape index (κ3) is 3.17. The summed E-state index contributed by atoms with van der Waals surface area (Å²) in [4.78, 5) is 11.2. The third-order valence-electron chi connectivity index (χ3n) is 4.94. The molecule has 0 atom stereocenters. The first kappa shape index (κ1) is 17.2. The van der Waals surface area contributed by atoms with Gasteiger partial charge in [-0.05, 0) is 44.2 Å². The summed E-state index contributed by atoms with van der Waals surface area (Å²) in [5.41, 5.74) is 2.29. The van der Waals surface area contributed by atoms with Gasteiger partial charge in [0, 0.05) is 24.8 Å². The number of rotatable bonds is 3. The zero-order valence-corrected chi connectivity index (χ0v) is 15.2. The van der Waals surface area contributed by atoms with E-state index < -0.39 is 11.2 Å². The fourth-order valence-electron chi connectivity index (χ4n) is 3.35. The molecule has 0 N–H and O–H groups in total. The van der Waals surface area contributed by atoms with Crippen molar-refractivity contribution in [3.05, 3.63) is 77.0 Å². The van der Waals surface area contributed by atoms with E-state index >= 15 is 0 Å². The maximum atomic E-state index is 13.8. The summed E-state index contributed by atoms with van der Waals surface area (Å²) >= 11 is 0. The van der Waals surface area contributed by atoms with Crippen LogP contribution >= 0.6 is 0 Å². The van der Waals surface area contributed by atoms with E-state index in [9.17, 15) is 4.39 Å². The van der Waals surface area contributed by atoms with Gasteiger partial charge in [0.25, 0.3) is 0 Å². The van der Waals surface area contributed by atoms with Crippen LogP contribution in [0.2, 0.25) is 0 Å². The van der Waals surface area contributed by atoms with Gasteiger partial charge in [0.1, 0.15) is 17.3 Å². The van der Waals surface area contributed by atoms with Crippen LogP contribution in [-0.4, -0.2) is 16.5 Å². The predicted molar refractivity (Wildman–Crippen MR) is 98.7 cm³/mol. The molecule has 136 valence electrons. The lowest BCUT2D eigenvalue weighted by atomic mass is 9.88. The average Bonchev–Trinajstić information content (AvgIpc) is 3.12. The van der Waals surface area contributed by atoms with E-state index in [0.29, 0.717) is 36.7 Å². The van der Waals surface area contributed by atoms with Crippen molar-refractivity contribution in [1.29, 1.82) is 5.26 Å². The van der Waals surface area contributed by atoms with Crippen molar-refractivity contribution < 1.29 is 8.81 Å². The SMILES string of the molecule is CC(C)(c1ccccn1)c1nc2c(o1)CCN(c1cc(F)cc(C#N)c1)C2. The summed E-state index contributed by atoms with van der Waals surface area (Å²) in [5.74, 6) is 1.08. The first-order valence-electron chi connectivity index (χ1n) is 8.83. The van der Waals surface area contributed by atoms with Gasteiger partial charge in [-0.25, -0.2) is 9.37 Å². The molecule has 0 amide bonds. The number of nitrogens with zero attached hydrogens (tertiary/aromatic N) is 4. The van der Waals surface area contributed by atoms with E-state index in [1.807, 2.05) is 43.0 Å². The predicted octanol–water partition coefficient (Wildman–Crippen LogP) is 3.97. The van der Waals surface area contributed by atoms with Crippen molar-refractivity contribution in [2.75, 3.05) is 11.4 Å². The second-order valence-electron chi connectivity index (χ2n) is 7.21. The van der Waals surface area contributed by atoms with Crippen molar-refractivity contribution in [1.82, 2.24) is 9.97 Å². The lowest BCUT2D eigenvalue weighted by molar-refractivity contribution is 0.382. The zero-order valence-electron chi connectivity index (χ0n) is 15.2. The molecule has 5 nitrogen and oxygen atoms in total. The average molecular weight is 362 g/mol. The van der Waals surface area contributed by atoms with Gasteiger partial charge in [0.2, 0.25) is 5.89 Å². The van der Waals surface area contributed by atoms with Crippen molar-refractivity contribution in [2.24, 2.45) is 0 Å². The number of benzene rings is 1. The first-order chi connectivity index (χ1) is 13.0. The van der Waals surface area contributed by atoms with E-state index in [0.717, 1.165) is 17.1 Å². The maximum absolute atomic E-state index is 13.8. The van der Waals surface area contributed by atoms with E-state index in [1.165, 1.54) is 12.1 Å². The van der Waals surface area contributed by atoms with Crippen LogP contribution in [-0.2, 0) is 18.4 Å².